The molecule has 1 aromatic heterocycles. The summed E-state index contributed by atoms with van der Waals surface area (Å²) in [6.45, 7) is 5.90. The molecule has 2 N–H and O–H groups in total. The van der Waals surface area contributed by atoms with Crippen LogP contribution in [0.5, 0.6) is 5.75 Å². The van der Waals surface area contributed by atoms with Gasteiger partial charge in [-0.15, -0.1) is 0 Å². The van der Waals surface area contributed by atoms with Crippen LogP contribution in [0.1, 0.15) is 54.1 Å². The zero-order valence-electron chi connectivity index (χ0n) is 17.8. The fourth-order valence-corrected chi connectivity index (χ4v) is 3.87. The van der Waals surface area contributed by atoms with Crippen molar-refractivity contribution in [1.29, 1.82) is 0 Å². The van der Waals surface area contributed by atoms with Crippen LogP contribution < -0.4 is 15.4 Å². The van der Waals surface area contributed by atoms with Crippen molar-refractivity contribution in [2.45, 2.75) is 39.2 Å². The minimum atomic E-state index is -0.546. The molecule has 2 heterocycles. The normalized spacial score (nSPS) is 15.8. The van der Waals surface area contributed by atoms with E-state index in [1.54, 1.807) is 14.0 Å². The Bertz CT molecular complexity index is 917. The lowest BCUT2D eigenvalue weighted by Gasteiger charge is -2.27. The van der Waals surface area contributed by atoms with E-state index >= 15 is 0 Å². The highest BCUT2D eigenvalue weighted by molar-refractivity contribution is 5.93. The molecule has 1 saturated heterocycles. The second-order valence-corrected chi connectivity index (χ2v) is 7.37. The number of carbonyl (C=O) groups excluding carboxylic acids is 2. The summed E-state index contributed by atoms with van der Waals surface area (Å²) < 4.78 is 5.31. The highest BCUT2D eigenvalue weighted by Crippen LogP contribution is 2.31. The summed E-state index contributed by atoms with van der Waals surface area (Å²) in [7, 11) is 1.65. The number of likely N-dealkylation sites (tertiary alicyclic amines) is 1. The van der Waals surface area contributed by atoms with E-state index < -0.39 is 5.91 Å². The fraction of sp³-hybridized carbons (Fsp3) is 0.455. The van der Waals surface area contributed by atoms with Crippen LogP contribution in [0.4, 0.5) is 5.69 Å². The Morgan fingerprint density at radius 3 is 2.83 bits per heavy atom. The molecule has 1 aromatic carbocycles. The molecular formula is C22H29N5O3. The van der Waals surface area contributed by atoms with Crippen molar-refractivity contribution < 1.29 is 14.3 Å². The van der Waals surface area contributed by atoms with E-state index in [-0.39, 0.29) is 11.9 Å². The van der Waals surface area contributed by atoms with Crippen LogP contribution in [0.2, 0.25) is 0 Å². The van der Waals surface area contributed by atoms with E-state index in [0.29, 0.717) is 36.6 Å². The number of aryl methyl sites for hydroxylation is 1. The second-order valence-electron chi connectivity index (χ2n) is 7.37. The van der Waals surface area contributed by atoms with Crippen molar-refractivity contribution in [2.75, 3.05) is 31.6 Å². The topological polar surface area (TPSA) is 102 Å². The first-order chi connectivity index (χ1) is 14.4. The molecule has 2 amide bonds. The van der Waals surface area contributed by atoms with Crippen LogP contribution in [0.25, 0.3) is 0 Å². The number of primary amides is 1. The summed E-state index contributed by atoms with van der Waals surface area (Å²) in [6.07, 6.45) is 3.58. The summed E-state index contributed by atoms with van der Waals surface area (Å²) in [4.78, 5) is 37.2. The van der Waals surface area contributed by atoms with Gasteiger partial charge >= 0.3 is 0 Å². The third kappa shape index (κ3) is 4.69. The number of amides is 2. The minimum absolute atomic E-state index is 0.0825. The van der Waals surface area contributed by atoms with Crippen molar-refractivity contribution in [2.24, 2.45) is 5.73 Å². The van der Waals surface area contributed by atoms with Crippen LogP contribution in [-0.4, -0.2) is 53.4 Å². The molecule has 1 aliphatic heterocycles. The number of nitrogens with two attached hydrogens (primary N) is 1. The minimum Gasteiger partial charge on any atom is -0.497 e. The van der Waals surface area contributed by atoms with E-state index in [4.69, 9.17) is 10.5 Å². The van der Waals surface area contributed by atoms with Crippen molar-refractivity contribution >= 4 is 17.5 Å². The molecule has 30 heavy (non-hydrogen) atoms. The quantitative estimate of drug-likeness (QED) is 0.716. The SMILES string of the molecule is CCN(CCC(=O)N1CCCC1c1ncc(C(N)=O)c(C)n1)c1cccc(OC)c1. The molecular weight excluding hydrogens is 382 g/mol. The average molecular weight is 412 g/mol. The summed E-state index contributed by atoms with van der Waals surface area (Å²) in [5, 5.41) is 0. The molecule has 0 bridgehead atoms. The van der Waals surface area contributed by atoms with Crippen LogP contribution in [0, 0.1) is 6.92 Å². The van der Waals surface area contributed by atoms with E-state index in [9.17, 15) is 9.59 Å². The zero-order chi connectivity index (χ0) is 21.7. The molecule has 1 fully saturated rings. The van der Waals surface area contributed by atoms with Gasteiger partial charge in [-0.2, -0.15) is 0 Å². The van der Waals surface area contributed by atoms with Crippen LogP contribution in [0.15, 0.2) is 30.5 Å². The van der Waals surface area contributed by atoms with E-state index in [1.165, 1.54) is 6.20 Å². The van der Waals surface area contributed by atoms with Gasteiger partial charge in [0.2, 0.25) is 5.91 Å². The predicted octanol–water partition coefficient (Wildman–Crippen LogP) is 2.47. The first-order valence-corrected chi connectivity index (χ1v) is 10.3. The number of ether oxygens (including phenoxy) is 1. The fourth-order valence-electron chi connectivity index (χ4n) is 3.87. The molecule has 2 aromatic rings. The maximum atomic E-state index is 13.0. The van der Waals surface area contributed by atoms with Crippen molar-refractivity contribution in [3.05, 3.63) is 47.5 Å². The van der Waals surface area contributed by atoms with Gasteiger partial charge in [0.15, 0.2) is 5.82 Å². The monoisotopic (exact) mass is 411 g/mol. The lowest BCUT2D eigenvalue weighted by molar-refractivity contribution is -0.132. The summed E-state index contributed by atoms with van der Waals surface area (Å²) in [6, 6.07) is 7.69. The highest BCUT2D eigenvalue weighted by atomic mass is 16.5. The number of anilines is 1. The van der Waals surface area contributed by atoms with Crippen molar-refractivity contribution in [3.63, 3.8) is 0 Å². The molecule has 0 saturated carbocycles. The molecule has 1 aliphatic rings. The number of rotatable bonds is 8. The standard InChI is InChI=1S/C22H29N5O3/c1-4-26(16-7-5-8-17(13-16)30-3)12-10-20(28)27-11-6-9-19(27)22-24-14-18(21(23)29)15(2)25-22/h5,7-8,13-14,19H,4,6,9-12H2,1-3H3,(H2,23,29). The molecule has 0 aliphatic carbocycles. The van der Waals surface area contributed by atoms with Gasteiger partial charge in [-0.25, -0.2) is 9.97 Å². The van der Waals surface area contributed by atoms with Gasteiger partial charge in [0.1, 0.15) is 5.75 Å². The summed E-state index contributed by atoms with van der Waals surface area (Å²) in [5.41, 5.74) is 7.23. The van der Waals surface area contributed by atoms with Gasteiger partial charge < -0.3 is 20.3 Å². The molecule has 0 radical (unpaired) electrons. The van der Waals surface area contributed by atoms with Gasteiger partial charge in [-0.05, 0) is 38.8 Å². The molecule has 1 atom stereocenters. The number of aromatic nitrogens is 2. The Hall–Kier alpha value is -3.16. The predicted molar refractivity (Wildman–Crippen MR) is 114 cm³/mol. The third-order valence-corrected chi connectivity index (χ3v) is 5.53. The molecule has 8 nitrogen and oxygen atoms in total. The van der Waals surface area contributed by atoms with Crippen LogP contribution in [0.3, 0.4) is 0 Å². The Morgan fingerprint density at radius 1 is 1.37 bits per heavy atom. The molecule has 1 unspecified atom stereocenters. The molecule has 3 rings (SSSR count). The van der Waals surface area contributed by atoms with Gasteiger partial charge in [-0.3, -0.25) is 9.59 Å². The number of benzene rings is 1. The molecule has 8 heteroatoms. The van der Waals surface area contributed by atoms with Gasteiger partial charge in [-0.1, -0.05) is 6.07 Å². The number of nitrogens with zero attached hydrogens (tertiary/aromatic N) is 4. The Labute approximate surface area is 177 Å². The third-order valence-electron chi connectivity index (χ3n) is 5.53. The maximum absolute atomic E-state index is 13.0. The van der Waals surface area contributed by atoms with Crippen molar-refractivity contribution in [3.8, 4) is 5.75 Å². The first kappa shape index (κ1) is 21.5. The van der Waals surface area contributed by atoms with E-state index in [1.807, 2.05) is 29.2 Å². The Kier molecular flexibility index (Phi) is 6.87. The van der Waals surface area contributed by atoms with Gasteiger partial charge in [0.25, 0.3) is 5.91 Å². The van der Waals surface area contributed by atoms with Crippen LogP contribution >= 0.6 is 0 Å². The summed E-state index contributed by atoms with van der Waals surface area (Å²) >= 11 is 0. The lowest BCUT2D eigenvalue weighted by atomic mass is 10.1. The number of hydrogen-bond donors (Lipinski definition) is 1. The number of methoxy groups -OCH3 is 1. The number of carbonyl (C=O) groups is 2. The second kappa shape index (κ2) is 9.56. The largest absolute Gasteiger partial charge is 0.497 e. The highest BCUT2D eigenvalue weighted by Gasteiger charge is 2.32. The van der Waals surface area contributed by atoms with Gasteiger partial charge in [0.05, 0.1) is 24.4 Å². The Balaban J connectivity index is 1.68. The average Bonchev–Trinajstić information content (AvgIpc) is 3.24. The van der Waals surface area contributed by atoms with Gasteiger partial charge in [0, 0.05) is 44.0 Å². The summed E-state index contributed by atoms with van der Waals surface area (Å²) in [5.74, 6) is 0.905. The number of hydrogen-bond acceptors (Lipinski definition) is 6. The molecule has 0 spiro atoms. The lowest BCUT2D eigenvalue weighted by Crippen LogP contribution is -2.35. The zero-order valence-corrected chi connectivity index (χ0v) is 17.8. The van der Waals surface area contributed by atoms with E-state index in [2.05, 4.69) is 21.8 Å². The first-order valence-electron chi connectivity index (χ1n) is 10.3. The van der Waals surface area contributed by atoms with Crippen LogP contribution in [-0.2, 0) is 4.79 Å². The smallest absolute Gasteiger partial charge is 0.252 e. The van der Waals surface area contributed by atoms with Crippen molar-refractivity contribution in [1.82, 2.24) is 14.9 Å². The maximum Gasteiger partial charge on any atom is 0.252 e. The molecule has 160 valence electrons. The Morgan fingerprint density at radius 2 is 2.17 bits per heavy atom. The van der Waals surface area contributed by atoms with E-state index in [0.717, 1.165) is 30.8 Å².